The summed E-state index contributed by atoms with van der Waals surface area (Å²) in [6, 6.07) is 20.8. The topological polar surface area (TPSA) is 59.5 Å². The first-order valence-corrected chi connectivity index (χ1v) is 20.0. The van der Waals surface area contributed by atoms with Crippen molar-refractivity contribution in [3.05, 3.63) is 128 Å². The molecule has 4 aromatic rings. The molecule has 11 heteroatoms. The van der Waals surface area contributed by atoms with E-state index in [0.29, 0.717) is 17.8 Å². The van der Waals surface area contributed by atoms with Crippen LogP contribution in [0.2, 0.25) is 10.0 Å². The smallest absolute Gasteiger partial charge is 0.121 e. The van der Waals surface area contributed by atoms with Crippen LogP contribution in [0.4, 0.5) is 0 Å². The number of hydrogen-bond donors (Lipinski definition) is 1. The van der Waals surface area contributed by atoms with Crippen molar-refractivity contribution in [3.63, 3.8) is 0 Å². The molecule has 0 bridgehead atoms. The maximum atomic E-state index is 6.29. The Morgan fingerprint density at radius 3 is 1.73 bits per heavy atom. The summed E-state index contributed by atoms with van der Waals surface area (Å²) in [6.45, 7) is 4.07. The van der Waals surface area contributed by atoms with Gasteiger partial charge in [0.05, 0.1) is 18.5 Å². The van der Waals surface area contributed by atoms with Crippen LogP contribution in [0.25, 0.3) is 21.1 Å². The lowest BCUT2D eigenvalue weighted by Crippen LogP contribution is -2.32. The van der Waals surface area contributed by atoms with E-state index in [1.165, 1.54) is 60.1 Å². The van der Waals surface area contributed by atoms with Gasteiger partial charge >= 0.3 is 0 Å². The number of nitrogens with one attached hydrogen (secondary N) is 1. The third-order valence-electron chi connectivity index (χ3n) is 10.1. The largest absolute Gasteiger partial charge is 0.317 e. The van der Waals surface area contributed by atoms with E-state index < -0.39 is 0 Å². The van der Waals surface area contributed by atoms with E-state index in [-0.39, 0.29) is 13.3 Å². The lowest BCUT2D eigenvalue weighted by Gasteiger charge is -2.35. The molecule has 0 radical (unpaired) electrons. The van der Waals surface area contributed by atoms with E-state index in [2.05, 4.69) is 90.0 Å². The molecule has 268 valence electrons. The first kappa shape index (κ1) is 38.7. The van der Waals surface area contributed by atoms with Crippen LogP contribution in [-0.4, -0.2) is 47.6 Å². The first-order chi connectivity index (χ1) is 24.4. The molecule has 51 heavy (non-hydrogen) atoms. The summed E-state index contributed by atoms with van der Waals surface area (Å²) < 4.78 is 9.35. The first-order valence-electron chi connectivity index (χ1n) is 17.0. The summed E-state index contributed by atoms with van der Waals surface area (Å²) in [4.78, 5) is 14.3. The van der Waals surface area contributed by atoms with E-state index in [4.69, 9.17) is 42.4 Å². The maximum absolute atomic E-state index is 6.29. The number of benzene rings is 2. The second kappa shape index (κ2) is 17.9. The van der Waals surface area contributed by atoms with Crippen LogP contribution in [0.5, 0.6) is 0 Å². The summed E-state index contributed by atoms with van der Waals surface area (Å²) in [6.07, 6.45) is 12.7. The van der Waals surface area contributed by atoms with E-state index in [9.17, 15) is 0 Å². The minimum atomic E-state index is 0. The summed E-state index contributed by atoms with van der Waals surface area (Å²) in [7, 11) is 1.53. The molecule has 4 aliphatic rings. The monoisotopic (exact) mass is 870 g/mol. The molecule has 1 N–H and O–H groups in total. The predicted molar refractivity (Wildman–Crippen MR) is 221 cm³/mol. The lowest BCUT2D eigenvalue weighted by atomic mass is 9.76. The Morgan fingerprint density at radius 1 is 0.745 bits per heavy atom. The molecule has 2 unspecified atom stereocenters. The van der Waals surface area contributed by atoms with Gasteiger partial charge in [0.15, 0.2) is 0 Å². The Hall–Kier alpha value is -2.05. The average Bonchev–Trinajstić information content (AvgIpc) is 3.34. The van der Waals surface area contributed by atoms with Gasteiger partial charge in [-0.25, -0.2) is 9.19 Å². The van der Waals surface area contributed by atoms with E-state index >= 15 is 0 Å². The lowest BCUT2D eigenvalue weighted by molar-refractivity contribution is -0.163. The van der Waals surface area contributed by atoms with Crippen molar-refractivity contribution >= 4 is 88.4 Å². The average molecular weight is 874 g/mol. The Balaban J connectivity index is 0.000000174. The fraction of sp³-hybridized carbons (Fsp3) is 0.350. The van der Waals surface area contributed by atoms with Crippen molar-refractivity contribution in [2.75, 3.05) is 33.3 Å². The standard InChI is InChI=1S/C20H20BrClN2O2S.C19H18BrClN2.CH4/c1-25-26-27-24-9-6-13(7-10-24)19-16-5-4-15(22)11-14(16)12-18(21)17-3-2-8-23-20(17)19;20-17-11-13-10-14(21)3-4-15(13)18(12-5-8-22-9-6-12)19-16(17)2-1-7-23-19;/h2-5,8,11-13,19H,6-7,9-10H2,1H3;1-4,7,10-12,18,22H,5-6,8-9H2;1H4. The highest BCUT2D eigenvalue weighted by Crippen LogP contribution is 2.47. The van der Waals surface area contributed by atoms with Gasteiger partial charge in [-0.2, -0.15) is 0 Å². The number of nitrogens with zero attached hydrogens (tertiary/aromatic N) is 3. The van der Waals surface area contributed by atoms with Gasteiger partial charge in [0.2, 0.25) is 0 Å². The van der Waals surface area contributed by atoms with Crippen LogP contribution in [0.15, 0.2) is 73.1 Å². The molecule has 2 saturated heterocycles. The number of aromatic nitrogens is 2. The van der Waals surface area contributed by atoms with Gasteiger partial charge in [0, 0.05) is 67.5 Å². The van der Waals surface area contributed by atoms with E-state index in [0.717, 1.165) is 74.9 Å². The van der Waals surface area contributed by atoms with Crippen molar-refractivity contribution in [2.45, 2.75) is 44.9 Å². The van der Waals surface area contributed by atoms with Gasteiger partial charge in [-0.15, -0.1) is 4.33 Å². The Kier molecular flexibility index (Phi) is 13.5. The van der Waals surface area contributed by atoms with E-state index in [1.807, 2.05) is 36.7 Å². The van der Waals surface area contributed by atoms with Crippen LogP contribution in [0.3, 0.4) is 0 Å². The normalized spacial score (nSPS) is 20.4. The molecule has 0 spiro atoms. The zero-order valence-electron chi connectivity index (χ0n) is 27.6. The number of hydrogen-bond acceptors (Lipinski definition) is 7. The second-order valence-electron chi connectivity index (χ2n) is 13.0. The Bertz CT molecular complexity index is 1900. The third kappa shape index (κ3) is 8.69. The van der Waals surface area contributed by atoms with Gasteiger partial charge in [0.1, 0.15) is 12.2 Å². The van der Waals surface area contributed by atoms with Gasteiger partial charge in [0.25, 0.3) is 0 Å². The highest BCUT2D eigenvalue weighted by molar-refractivity contribution is 9.15. The van der Waals surface area contributed by atoms with Crippen LogP contribution < -0.4 is 5.32 Å². The number of piperidine rings is 2. The molecule has 0 saturated carbocycles. The molecule has 0 amide bonds. The maximum Gasteiger partial charge on any atom is 0.121 e. The van der Waals surface area contributed by atoms with Crippen molar-refractivity contribution in [1.82, 2.24) is 19.6 Å². The molecular formula is C40H42Br2Cl2N4O2S. The zero-order valence-corrected chi connectivity index (χ0v) is 33.1. The number of pyridine rings is 2. The number of fused-ring (bicyclic) bond motifs is 4. The highest BCUT2D eigenvalue weighted by atomic mass is 79.9. The predicted octanol–water partition coefficient (Wildman–Crippen LogP) is 11.6. The van der Waals surface area contributed by atoms with Crippen LogP contribution in [0, 0.1) is 11.8 Å². The summed E-state index contributed by atoms with van der Waals surface area (Å²) in [5.41, 5.74) is 9.69. The van der Waals surface area contributed by atoms with Crippen LogP contribution >= 0.6 is 67.3 Å². The molecular weight excluding hydrogens is 831 g/mol. The minimum absolute atomic E-state index is 0. The van der Waals surface area contributed by atoms with Gasteiger partial charge in [-0.1, -0.05) is 86.8 Å². The summed E-state index contributed by atoms with van der Waals surface area (Å²) in [5.74, 6) is 1.68. The Labute approximate surface area is 332 Å². The molecule has 6 nitrogen and oxygen atoms in total. The van der Waals surface area contributed by atoms with Gasteiger partial charge in [-0.3, -0.25) is 9.97 Å². The van der Waals surface area contributed by atoms with E-state index in [1.54, 1.807) is 0 Å². The molecule has 4 heterocycles. The van der Waals surface area contributed by atoms with Crippen molar-refractivity contribution < 1.29 is 9.22 Å². The molecule has 2 aromatic carbocycles. The molecule has 8 rings (SSSR count). The SMILES string of the molecule is C.COOSN1CCC(C2c3ccc(Cl)cc3C=C(Br)c3cccnc32)CC1.Clc1ccc2c(c1)C=C(Br)c1cccnc1C2C1CCNCC1. The second-order valence-corrected chi connectivity index (χ2v) is 16.4. The number of halogens is 4. The third-order valence-corrected chi connectivity index (χ3v) is 12.7. The summed E-state index contributed by atoms with van der Waals surface area (Å²) >= 11 is 21.3. The molecule has 2 aromatic heterocycles. The van der Waals surface area contributed by atoms with Crippen molar-refractivity contribution in [2.24, 2.45) is 11.8 Å². The van der Waals surface area contributed by atoms with Gasteiger partial charge in [-0.05, 0) is 121 Å². The fourth-order valence-corrected chi connectivity index (χ4v) is 9.89. The molecule has 2 aliphatic heterocycles. The van der Waals surface area contributed by atoms with Gasteiger partial charge < -0.3 is 5.32 Å². The fourth-order valence-electron chi connectivity index (χ4n) is 7.85. The quantitative estimate of drug-likeness (QED) is 0.0928. The Morgan fingerprint density at radius 2 is 1.24 bits per heavy atom. The molecule has 2 aliphatic carbocycles. The summed E-state index contributed by atoms with van der Waals surface area (Å²) in [5, 5.41) is 5.01. The van der Waals surface area contributed by atoms with Crippen molar-refractivity contribution in [1.29, 1.82) is 0 Å². The minimum Gasteiger partial charge on any atom is -0.317 e. The highest BCUT2D eigenvalue weighted by Gasteiger charge is 2.35. The molecule has 2 atom stereocenters. The van der Waals surface area contributed by atoms with Crippen LogP contribution in [-0.2, 0) is 9.22 Å². The van der Waals surface area contributed by atoms with Crippen molar-refractivity contribution in [3.8, 4) is 0 Å². The van der Waals surface area contributed by atoms with Crippen LogP contribution in [0.1, 0.15) is 89.7 Å². The zero-order chi connectivity index (χ0) is 34.6. The molecule has 2 fully saturated rings. The number of rotatable bonds is 5.